The Morgan fingerprint density at radius 3 is 2.21 bits per heavy atom. The lowest BCUT2D eigenvalue weighted by Gasteiger charge is -2.44. The highest BCUT2D eigenvalue weighted by molar-refractivity contribution is 7.86. The predicted octanol–water partition coefficient (Wildman–Crippen LogP) is 7.67. The van der Waals surface area contributed by atoms with E-state index < -0.39 is 47.1 Å². The maximum Gasteiger partial charge on any atom is 0.294 e. The van der Waals surface area contributed by atoms with Gasteiger partial charge in [-0.2, -0.15) is 29.8 Å². The van der Waals surface area contributed by atoms with E-state index in [0.717, 1.165) is 33.7 Å². The fourth-order valence-electron chi connectivity index (χ4n) is 8.46. The second kappa shape index (κ2) is 18.4. The molecule has 0 saturated carbocycles. The van der Waals surface area contributed by atoms with E-state index in [1.807, 2.05) is 67.9 Å². The molecule has 0 fully saturated rings. The SMILES string of the molecule is CCNC(=O)CCCC1(C)C(/C=C/C=C/C=C2\C=C(C(C)(C)C)Oc3cc4c(cc32)C(C)=CC(C)(C)N4CCCS(=O)(=O)O)=[N+](CCCS(=O)(=O)O)c2ccc(S(=O)(=O)O)cc21. The van der Waals surface area contributed by atoms with Gasteiger partial charge in [0.25, 0.3) is 30.4 Å². The molecule has 3 aliphatic rings. The summed E-state index contributed by atoms with van der Waals surface area (Å²) in [7, 11) is -13.0. The molecule has 3 heterocycles. The number of hydrogen-bond acceptors (Lipinski definition) is 9. The fraction of sp³-hybridized carbons (Fsp3) is 0.467. The van der Waals surface area contributed by atoms with Crippen LogP contribution in [0.25, 0.3) is 11.1 Å². The van der Waals surface area contributed by atoms with Crippen molar-refractivity contribution in [3.8, 4) is 5.75 Å². The summed E-state index contributed by atoms with van der Waals surface area (Å²) >= 11 is 0. The first-order chi connectivity index (χ1) is 28.6. The number of amides is 1. The first kappa shape index (κ1) is 48.6. The number of nitrogens with one attached hydrogen (secondary N) is 1. The van der Waals surface area contributed by atoms with Gasteiger partial charge in [-0.3, -0.25) is 18.5 Å². The molecule has 0 radical (unpaired) electrons. The Labute approximate surface area is 367 Å². The number of carbonyl (C=O) groups is 1. The average molecular weight is 915 g/mol. The fourth-order valence-corrected chi connectivity index (χ4v) is 9.96. The number of rotatable bonds is 17. The van der Waals surface area contributed by atoms with Gasteiger partial charge in [-0.15, -0.1) is 0 Å². The van der Waals surface area contributed by atoms with Crippen LogP contribution in [0.3, 0.4) is 0 Å². The van der Waals surface area contributed by atoms with Gasteiger partial charge in [0.2, 0.25) is 11.6 Å². The van der Waals surface area contributed by atoms with Crippen LogP contribution >= 0.6 is 0 Å². The Morgan fingerprint density at radius 1 is 0.903 bits per heavy atom. The summed E-state index contributed by atoms with van der Waals surface area (Å²) in [6, 6.07) is 8.37. The zero-order chi connectivity index (χ0) is 46.1. The molecule has 14 nitrogen and oxygen atoms in total. The molecular weight excluding hydrogens is 855 g/mol. The largest absolute Gasteiger partial charge is 0.460 e. The average Bonchev–Trinajstić information content (AvgIpc) is 3.36. The number of ether oxygens (including phenoxy) is 1. The Morgan fingerprint density at radius 2 is 1.58 bits per heavy atom. The number of nitrogens with zero attached hydrogens (tertiary/aromatic N) is 2. The third-order valence-electron chi connectivity index (χ3n) is 11.4. The van der Waals surface area contributed by atoms with Gasteiger partial charge in [-0.05, 0) is 89.3 Å². The lowest BCUT2D eigenvalue weighted by Crippen LogP contribution is -2.46. The Hall–Kier alpha value is -4.39. The van der Waals surface area contributed by atoms with E-state index in [2.05, 4.69) is 57.0 Å². The van der Waals surface area contributed by atoms with E-state index in [0.29, 0.717) is 48.6 Å². The van der Waals surface area contributed by atoms with Crippen LogP contribution in [0, 0.1) is 5.41 Å². The van der Waals surface area contributed by atoms with Gasteiger partial charge in [0.05, 0.1) is 27.4 Å². The highest BCUT2D eigenvalue weighted by Gasteiger charge is 2.48. The lowest BCUT2D eigenvalue weighted by molar-refractivity contribution is -0.437. The monoisotopic (exact) mass is 914 g/mol. The van der Waals surface area contributed by atoms with Crippen molar-refractivity contribution in [3.63, 3.8) is 0 Å². The molecule has 338 valence electrons. The van der Waals surface area contributed by atoms with Gasteiger partial charge in [-0.1, -0.05) is 51.2 Å². The maximum atomic E-state index is 12.5. The molecule has 0 saturated heterocycles. The van der Waals surface area contributed by atoms with Crippen LogP contribution in [0.5, 0.6) is 5.75 Å². The molecule has 1 unspecified atom stereocenters. The van der Waals surface area contributed by atoms with Crippen LogP contribution in [0.4, 0.5) is 11.4 Å². The first-order valence-corrected chi connectivity index (χ1v) is 25.4. The summed E-state index contributed by atoms with van der Waals surface area (Å²) in [5.74, 6) is 0.420. The molecule has 2 aromatic carbocycles. The molecule has 17 heteroatoms. The molecule has 62 heavy (non-hydrogen) atoms. The van der Waals surface area contributed by atoms with Crippen LogP contribution in [0.15, 0.2) is 83.5 Å². The number of allylic oxidation sites excluding steroid dienone is 9. The number of carbonyl (C=O) groups excluding carboxylic acids is 1. The van der Waals surface area contributed by atoms with Gasteiger partial charge in [0, 0.05) is 71.9 Å². The first-order valence-electron chi connectivity index (χ1n) is 20.7. The summed E-state index contributed by atoms with van der Waals surface area (Å²) in [5.41, 5.74) is 4.91. The summed E-state index contributed by atoms with van der Waals surface area (Å²) < 4.78 is 109. The van der Waals surface area contributed by atoms with Gasteiger partial charge in [0.15, 0.2) is 5.71 Å². The Kier molecular flexibility index (Phi) is 14.4. The van der Waals surface area contributed by atoms with Crippen molar-refractivity contribution in [2.75, 3.05) is 36.0 Å². The van der Waals surface area contributed by atoms with Crippen LogP contribution in [-0.2, 0) is 40.6 Å². The molecule has 2 aromatic rings. The van der Waals surface area contributed by atoms with E-state index in [-0.39, 0.29) is 47.8 Å². The smallest absolute Gasteiger partial charge is 0.294 e. The van der Waals surface area contributed by atoms with E-state index in [4.69, 9.17) is 4.74 Å². The molecule has 0 aliphatic carbocycles. The Balaban J connectivity index is 1.57. The normalized spacial score (nSPS) is 19.7. The van der Waals surface area contributed by atoms with Crippen molar-refractivity contribution >= 4 is 64.5 Å². The van der Waals surface area contributed by atoms with Gasteiger partial charge in [0.1, 0.15) is 18.1 Å². The third-order valence-corrected chi connectivity index (χ3v) is 13.9. The maximum absolute atomic E-state index is 12.5. The van der Waals surface area contributed by atoms with Crippen molar-refractivity contribution in [1.82, 2.24) is 5.32 Å². The van der Waals surface area contributed by atoms with Gasteiger partial charge >= 0.3 is 0 Å². The van der Waals surface area contributed by atoms with E-state index >= 15 is 0 Å². The van der Waals surface area contributed by atoms with Crippen molar-refractivity contribution < 1.29 is 53.0 Å². The van der Waals surface area contributed by atoms with Crippen molar-refractivity contribution in [2.24, 2.45) is 5.41 Å². The molecule has 0 spiro atoms. The van der Waals surface area contributed by atoms with Crippen LogP contribution in [0.1, 0.15) is 104 Å². The summed E-state index contributed by atoms with van der Waals surface area (Å²) in [4.78, 5) is 14.3. The van der Waals surface area contributed by atoms with E-state index in [1.54, 1.807) is 6.07 Å². The predicted molar refractivity (Wildman–Crippen MR) is 244 cm³/mol. The number of anilines is 1. The number of benzene rings is 2. The molecule has 5 rings (SSSR count). The van der Waals surface area contributed by atoms with E-state index in [1.165, 1.54) is 12.1 Å². The minimum atomic E-state index is -4.57. The molecule has 1 amide bonds. The lowest BCUT2D eigenvalue weighted by atomic mass is 9.75. The zero-order valence-electron chi connectivity index (χ0n) is 36.7. The molecule has 0 bridgehead atoms. The molecule has 3 aliphatic heterocycles. The van der Waals surface area contributed by atoms with Gasteiger partial charge in [-0.25, -0.2) is 0 Å². The second-order valence-electron chi connectivity index (χ2n) is 17.8. The second-order valence-corrected chi connectivity index (χ2v) is 22.4. The summed E-state index contributed by atoms with van der Waals surface area (Å²) in [6.07, 6.45) is 15.0. The van der Waals surface area contributed by atoms with Crippen LogP contribution in [0.2, 0.25) is 0 Å². The standard InChI is InChI=1S/C45H59N3O11S3/c1-9-46-42(49)18-13-21-45(8)36-27-33(62(56,57)58)19-20-37(36)47(22-14-24-60(50,51)52)40(45)17-12-10-11-16-32-26-41(43(3,4)5)59-39-29-38-34(28-35(32)39)31(2)30-44(6,7)48(38)23-15-25-61(53,54)55/h10-12,16-17,19-20,26-30H,9,13-15,18,21-25H2,1-8H3,(H3-,46,49,50,51,52,53,54,55,56,57,58)/p+1. The van der Waals surface area contributed by atoms with Crippen molar-refractivity contribution in [2.45, 2.75) is 103 Å². The molecular formula is C45H60N3O11S3+. The topological polar surface area (TPSA) is 208 Å². The quantitative estimate of drug-likeness (QED) is 0.0685. The molecule has 4 N–H and O–H groups in total. The Bertz CT molecular complexity index is 2630. The number of fused-ring (bicyclic) bond motifs is 3. The minimum Gasteiger partial charge on any atom is -0.460 e. The summed E-state index contributed by atoms with van der Waals surface area (Å²) in [6.45, 7) is 17.1. The van der Waals surface area contributed by atoms with Crippen LogP contribution < -0.4 is 15.0 Å². The van der Waals surface area contributed by atoms with Gasteiger partial charge < -0.3 is 15.0 Å². The van der Waals surface area contributed by atoms with Crippen molar-refractivity contribution in [1.29, 1.82) is 0 Å². The van der Waals surface area contributed by atoms with E-state index in [9.17, 15) is 43.7 Å². The highest BCUT2D eigenvalue weighted by atomic mass is 32.2. The zero-order valence-corrected chi connectivity index (χ0v) is 39.2. The van der Waals surface area contributed by atoms with Crippen LogP contribution in [-0.4, -0.2) is 91.8 Å². The minimum absolute atomic E-state index is 0.0642. The third kappa shape index (κ3) is 11.6. The molecule has 0 aromatic heterocycles. The highest BCUT2D eigenvalue weighted by Crippen LogP contribution is 2.48. The summed E-state index contributed by atoms with van der Waals surface area (Å²) in [5, 5.41) is 2.80. The van der Waals surface area contributed by atoms with Crippen molar-refractivity contribution in [3.05, 3.63) is 95.3 Å². The number of hydrogen-bond donors (Lipinski definition) is 4. The molecule has 1 atom stereocenters.